The number of amidine groups is 2. The van der Waals surface area contributed by atoms with Crippen LogP contribution in [0.15, 0.2) is 58.5 Å². The summed E-state index contributed by atoms with van der Waals surface area (Å²) in [4.78, 5) is 8.23. The number of thioether (sulfide) groups is 2. The highest BCUT2D eigenvalue weighted by Gasteiger charge is 1.92. The van der Waals surface area contributed by atoms with Gasteiger partial charge in [-0.1, -0.05) is 46.7 Å². The molecule has 0 radical (unpaired) electrons. The largest absolute Gasteiger partial charge is 0.394 e. The van der Waals surface area contributed by atoms with Crippen LogP contribution in [0.2, 0.25) is 10.0 Å². The average Bonchev–Trinajstić information content (AvgIpc) is 2.64. The van der Waals surface area contributed by atoms with Gasteiger partial charge in [0.2, 0.25) is 0 Å². The second-order valence-corrected chi connectivity index (χ2v) is 8.13. The van der Waals surface area contributed by atoms with E-state index >= 15 is 0 Å². The third-order valence-corrected chi connectivity index (χ3v) is 4.07. The van der Waals surface area contributed by atoms with Crippen molar-refractivity contribution in [2.24, 2.45) is 21.5 Å². The minimum atomic E-state index is -4.67. The van der Waals surface area contributed by atoms with Gasteiger partial charge in [-0.15, -0.1) is 0 Å². The van der Waals surface area contributed by atoms with Crippen LogP contribution < -0.4 is 11.5 Å². The Kier molecular flexibility index (Phi) is 13.8. The van der Waals surface area contributed by atoms with Crippen LogP contribution in [0.3, 0.4) is 0 Å². The van der Waals surface area contributed by atoms with E-state index < -0.39 is 10.4 Å². The smallest absolute Gasteiger partial charge is 0.378 e. The van der Waals surface area contributed by atoms with Crippen LogP contribution in [0, 0.1) is 0 Å². The maximum Gasteiger partial charge on any atom is 0.394 e. The number of rotatable bonds is 2. The molecule has 0 aliphatic carbocycles. The molecular formula is C16H20Cl2N4O4S3. The van der Waals surface area contributed by atoms with Gasteiger partial charge in [0.15, 0.2) is 10.3 Å². The molecule has 2 aromatic rings. The Morgan fingerprint density at radius 1 is 0.793 bits per heavy atom. The molecule has 6 N–H and O–H groups in total. The summed E-state index contributed by atoms with van der Waals surface area (Å²) in [5.41, 5.74) is 12.7. The van der Waals surface area contributed by atoms with E-state index in [2.05, 4.69) is 9.98 Å². The predicted molar refractivity (Wildman–Crippen MR) is 127 cm³/mol. The van der Waals surface area contributed by atoms with Gasteiger partial charge < -0.3 is 11.5 Å². The number of halogens is 2. The van der Waals surface area contributed by atoms with Crippen molar-refractivity contribution >= 4 is 78.8 Å². The quantitative estimate of drug-likeness (QED) is 0.265. The second-order valence-electron chi connectivity index (χ2n) is 4.71. The number of nitrogens with two attached hydrogens (primary N) is 2. The van der Waals surface area contributed by atoms with E-state index in [-0.39, 0.29) is 0 Å². The predicted octanol–water partition coefficient (Wildman–Crippen LogP) is 4.65. The van der Waals surface area contributed by atoms with E-state index in [1.165, 1.54) is 23.5 Å². The number of nitrogens with zero attached hydrogens (tertiary/aromatic N) is 2. The Labute approximate surface area is 188 Å². The molecule has 2 rings (SSSR count). The van der Waals surface area contributed by atoms with Gasteiger partial charge in [0, 0.05) is 10.0 Å². The molecule has 2 aromatic carbocycles. The second kappa shape index (κ2) is 14.5. The first-order chi connectivity index (χ1) is 13.4. The summed E-state index contributed by atoms with van der Waals surface area (Å²) >= 11 is 14.2. The molecule has 0 atom stereocenters. The lowest BCUT2D eigenvalue weighted by Crippen LogP contribution is -2.03. The van der Waals surface area contributed by atoms with Gasteiger partial charge in [0.1, 0.15) is 0 Å². The fraction of sp³-hybridized carbons (Fsp3) is 0.125. The fourth-order valence-electron chi connectivity index (χ4n) is 1.38. The third-order valence-electron chi connectivity index (χ3n) is 2.55. The molecule has 0 spiro atoms. The topological polar surface area (TPSA) is 151 Å². The zero-order chi connectivity index (χ0) is 22.4. The normalized spacial score (nSPS) is 11.7. The van der Waals surface area contributed by atoms with E-state index in [1.54, 1.807) is 24.3 Å². The minimum Gasteiger partial charge on any atom is -0.378 e. The zero-order valence-corrected chi connectivity index (χ0v) is 19.3. The lowest BCUT2D eigenvalue weighted by Gasteiger charge is -1.95. The highest BCUT2D eigenvalue weighted by atomic mass is 35.5. The average molecular weight is 499 g/mol. The van der Waals surface area contributed by atoms with Crippen molar-refractivity contribution in [1.82, 2.24) is 0 Å². The molecule has 0 saturated carbocycles. The van der Waals surface area contributed by atoms with Gasteiger partial charge in [-0.3, -0.25) is 9.11 Å². The van der Waals surface area contributed by atoms with Crippen molar-refractivity contribution in [3.05, 3.63) is 58.6 Å². The summed E-state index contributed by atoms with van der Waals surface area (Å²) in [6.45, 7) is 0. The molecule has 8 nitrogen and oxygen atoms in total. The maximum atomic E-state index is 8.74. The van der Waals surface area contributed by atoms with Gasteiger partial charge in [0.25, 0.3) is 0 Å². The molecule has 29 heavy (non-hydrogen) atoms. The molecular weight excluding hydrogens is 479 g/mol. The number of benzene rings is 2. The first-order valence-electron chi connectivity index (χ1n) is 7.42. The monoisotopic (exact) mass is 498 g/mol. The molecule has 13 heteroatoms. The van der Waals surface area contributed by atoms with Crippen LogP contribution in [-0.4, -0.2) is 40.4 Å². The van der Waals surface area contributed by atoms with Crippen molar-refractivity contribution in [3.8, 4) is 0 Å². The third kappa shape index (κ3) is 17.1. The summed E-state index contributed by atoms with van der Waals surface area (Å²) in [5.74, 6) is 0. The van der Waals surface area contributed by atoms with Crippen LogP contribution in [-0.2, 0) is 10.4 Å². The van der Waals surface area contributed by atoms with Gasteiger partial charge in [-0.05, 0) is 61.0 Å². The number of hydrogen-bond donors (Lipinski definition) is 4. The Hall–Kier alpha value is -1.47. The van der Waals surface area contributed by atoms with Crippen LogP contribution in [0.25, 0.3) is 0 Å². The van der Waals surface area contributed by atoms with Crippen LogP contribution >= 0.6 is 46.7 Å². The lowest BCUT2D eigenvalue weighted by molar-refractivity contribution is 0.381. The van der Waals surface area contributed by atoms with Gasteiger partial charge in [-0.2, -0.15) is 8.42 Å². The molecule has 0 fully saturated rings. The van der Waals surface area contributed by atoms with Gasteiger partial charge in [0.05, 0.1) is 11.4 Å². The van der Waals surface area contributed by atoms with Crippen LogP contribution in [0.1, 0.15) is 0 Å². The first kappa shape index (κ1) is 27.5. The molecule has 0 unspecified atom stereocenters. The summed E-state index contributed by atoms with van der Waals surface area (Å²) in [6, 6.07) is 14.4. The molecule has 0 aliphatic rings. The first-order valence-corrected chi connectivity index (χ1v) is 12.0. The van der Waals surface area contributed by atoms with E-state index in [0.29, 0.717) is 20.4 Å². The Bertz CT molecular complexity index is 837. The Morgan fingerprint density at radius 2 is 1.03 bits per heavy atom. The van der Waals surface area contributed by atoms with Crippen molar-refractivity contribution in [2.75, 3.05) is 12.5 Å². The highest BCUT2D eigenvalue weighted by molar-refractivity contribution is 8.13. The van der Waals surface area contributed by atoms with Crippen molar-refractivity contribution in [3.63, 3.8) is 0 Å². The fourth-order valence-corrected chi connectivity index (χ4v) is 2.02. The minimum absolute atomic E-state index is 0.553. The van der Waals surface area contributed by atoms with Gasteiger partial charge >= 0.3 is 10.4 Å². The Morgan fingerprint density at radius 3 is 1.24 bits per heavy atom. The summed E-state index contributed by atoms with van der Waals surface area (Å²) in [6.07, 6.45) is 3.77. The summed E-state index contributed by atoms with van der Waals surface area (Å²) < 4.78 is 31.6. The molecule has 0 aromatic heterocycles. The van der Waals surface area contributed by atoms with Crippen molar-refractivity contribution in [2.45, 2.75) is 0 Å². The van der Waals surface area contributed by atoms with E-state index in [0.717, 1.165) is 11.4 Å². The Balaban J connectivity index is 0.000000442. The van der Waals surface area contributed by atoms with Crippen LogP contribution in [0.5, 0.6) is 0 Å². The lowest BCUT2D eigenvalue weighted by atomic mass is 10.3. The molecule has 0 amide bonds. The maximum absolute atomic E-state index is 8.74. The highest BCUT2D eigenvalue weighted by Crippen LogP contribution is 2.17. The van der Waals surface area contributed by atoms with Crippen LogP contribution in [0.4, 0.5) is 11.4 Å². The molecule has 0 saturated heterocycles. The zero-order valence-electron chi connectivity index (χ0n) is 15.4. The van der Waals surface area contributed by atoms with Crippen molar-refractivity contribution < 1.29 is 17.5 Å². The van der Waals surface area contributed by atoms with Gasteiger partial charge in [-0.25, -0.2) is 9.98 Å². The molecule has 160 valence electrons. The van der Waals surface area contributed by atoms with E-state index in [4.69, 9.17) is 52.2 Å². The molecule has 0 heterocycles. The standard InChI is InChI=1S/2C8H9ClN2S.H2O4S/c2*1-12-8(10)11-7-4-2-6(9)3-5-7;1-5(2,3)4/h2*2-5H,1H3,(H2,10,11);(H2,1,2,3,4). The van der Waals surface area contributed by atoms with E-state index in [9.17, 15) is 0 Å². The molecule has 0 aliphatic heterocycles. The SMILES string of the molecule is CSC(N)=Nc1ccc(Cl)cc1.CSC(N)=Nc1ccc(Cl)cc1.O=S(=O)(O)O. The van der Waals surface area contributed by atoms with E-state index in [1.807, 2.05) is 36.8 Å². The summed E-state index contributed by atoms with van der Waals surface area (Å²) in [5, 5.41) is 2.52. The number of hydrogen-bond acceptors (Lipinski definition) is 6. The summed E-state index contributed by atoms with van der Waals surface area (Å²) in [7, 11) is -4.67. The van der Waals surface area contributed by atoms with Crippen molar-refractivity contribution in [1.29, 1.82) is 0 Å². The number of aliphatic imine (C=N–C) groups is 2. The molecule has 0 bridgehead atoms.